The lowest BCUT2D eigenvalue weighted by Crippen LogP contribution is -2.41. The Kier molecular flexibility index (Phi) is 4.23. The van der Waals surface area contributed by atoms with Gasteiger partial charge in [-0.05, 0) is 18.1 Å². The largest absolute Gasteiger partial charge is 0.480 e. The van der Waals surface area contributed by atoms with Gasteiger partial charge in [0.1, 0.15) is 19.4 Å². The summed E-state index contributed by atoms with van der Waals surface area (Å²) in [6.45, 7) is -0.496. The fourth-order valence-corrected chi connectivity index (χ4v) is 2.54. The first kappa shape index (κ1) is 15.7. The molecule has 0 spiro atoms. The van der Waals surface area contributed by atoms with E-state index in [2.05, 4.69) is 15.4 Å². The number of aliphatic carboxylic acids is 1. The number of aromatic nitrogens is 3. The highest BCUT2D eigenvalue weighted by atomic mass is 16.4. The monoisotopic (exact) mass is 329 g/mol. The van der Waals surface area contributed by atoms with Crippen molar-refractivity contribution in [2.24, 2.45) is 0 Å². The number of nitrogens with zero attached hydrogens (tertiary/aromatic N) is 4. The molecule has 2 aromatic rings. The summed E-state index contributed by atoms with van der Waals surface area (Å²) >= 11 is 0. The number of carboxylic acid groups (broad SMARTS) is 1. The molecule has 0 saturated heterocycles. The highest BCUT2D eigenvalue weighted by molar-refractivity contribution is 6.03. The Labute approximate surface area is 136 Å². The molecule has 9 heteroatoms. The number of anilines is 2. The van der Waals surface area contributed by atoms with Gasteiger partial charge in [-0.1, -0.05) is 18.2 Å². The van der Waals surface area contributed by atoms with Crippen LogP contribution in [0.15, 0.2) is 30.6 Å². The summed E-state index contributed by atoms with van der Waals surface area (Å²) in [6, 6.07) is 7.45. The van der Waals surface area contributed by atoms with E-state index in [9.17, 15) is 14.4 Å². The van der Waals surface area contributed by atoms with Crippen molar-refractivity contribution in [3.8, 4) is 0 Å². The maximum Gasteiger partial charge on any atom is 0.325 e. The lowest BCUT2D eigenvalue weighted by atomic mass is 10.0. The molecule has 0 unspecified atom stereocenters. The number of aryl methyl sites for hydroxylation is 1. The average molecular weight is 329 g/mol. The van der Waals surface area contributed by atoms with Gasteiger partial charge in [-0.25, -0.2) is 9.67 Å². The minimum atomic E-state index is -1.06. The summed E-state index contributed by atoms with van der Waals surface area (Å²) in [7, 11) is 0. The summed E-state index contributed by atoms with van der Waals surface area (Å²) in [5.74, 6) is -1.63. The third-order valence-electron chi connectivity index (χ3n) is 3.58. The minimum Gasteiger partial charge on any atom is -0.480 e. The molecule has 124 valence electrons. The number of carbonyl (C=O) groups excluding carboxylic acids is 2. The first-order valence-corrected chi connectivity index (χ1v) is 7.32. The molecule has 0 bridgehead atoms. The number of nitrogens with one attached hydrogen (secondary N) is 1. The zero-order valence-electron chi connectivity index (χ0n) is 12.7. The van der Waals surface area contributed by atoms with Crippen LogP contribution in [0.4, 0.5) is 11.6 Å². The van der Waals surface area contributed by atoms with Crippen molar-refractivity contribution < 1.29 is 19.5 Å². The number of hydrogen-bond donors (Lipinski definition) is 2. The highest BCUT2D eigenvalue weighted by Gasteiger charge is 2.25. The van der Waals surface area contributed by atoms with Crippen LogP contribution < -0.4 is 10.2 Å². The van der Waals surface area contributed by atoms with Gasteiger partial charge in [0.15, 0.2) is 0 Å². The number of carboxylic acids is 1. The van der Waals surface area contributed by atoms with Gasteiger partial charge in [0.05, 0.1) is 0 Å². The van der Waals surface area contributed by atoms with Crippen LogP contribution in [0.1, 0.15) is 12.0 Å². The van der Waals surface area contributed by atoms with Crippen LogP contribution in [0, 0.1) is 0 Å². The van der Waals surface area contributed by atoms with Crippen molar-refractivity contribution in [3.63, 3.8) is 0 Å². The number of hydrogen-bond acceptors (Lipinski definition) is 5. The smallest absolute Gasteiger partial charge is 0.325 e. The van der Waals surface area contributed by atoms with Gasteiger partial charge < -0.3 is 10.0 Å². The molecular weight excluding hydrogens is 314 g/mol. The highest BCUT2D eigenvalue weighted by Crippen LogP contribution is 2.27. The van der Waals surface area contributed by atoms with E-state index in [-0.39, 0.29) is 24.9 Å². The zero-order chi connectivity index (χ0) is 17.1. The molecule has 0 aliphatic carbocycles. The van der Waals surface area contributed by atoms with Gasteiger partial charge in [0.25, 0.3) is 0 Å². The van der Waals surface area contributed by atoms with Gasteiger partial charge >= 0.3 is 5.97 Å². The Morgan fingerprint density at radius 2 is 2.00 bits per heavy atom. The fourth-order valence-electron chi connectivity index (χ4n) is 2.54. The van der Waals surface area contributed by atoms with E-state index >= 15 is 0 Å². The number of benzene rings is 1. The average Bonchev–Trinajstić information content (AvgIpc) is 2.96. The van der Waals surface area contributed by atoms with E-state index in [1.165, 1.54) is 11.2 Å². The Bertz CT molecular complexity index is 801. The summed E-state index contributed by atoms with van der Waals surface area (Å²) in [4.78, 5) is 40.1. The summed E-state index contributed by atoms with van der Waals surface area (Å²) < 4.78 is 1.10. The molecule has 0 saturated carbocycles. The molecule has 2 N–H and O–H groups in total. The third kappa shape index (κ3) is 3.40. The Morgan fingerprint density at radius 3 is 2.79 bits per heavy atom. The predicted molar refractivity (Wildman–Crippen MR) is 83.4 cm³/mol. The molecule has 1 aliphatic heterocycles. The quantitative estimate of drug-likeness (QED) is 0.813. The molecule has 0 fully saturated rings. The molecule has 2 heterocycles. The first-order chi connectivity index (χ1) is 11.5. The summed E-state index contributed by atoms with van der Waals surface area (Å²) in [5, 5.41) is 15.0. The van der Waals surface area contributed by atoms with Crippen molar-refractivity contribution in [2.75, 3.05) is 16.8 Å². The number of fused-ring (bicyclic) bond motifs is 1. The number of para-hydroxylation sites is 1. The molecular formula is C15H15N5O4. The van der Waals surface area contributed by atoms with Crippen LogP contribution in [0.25, 0.3) is 0 Å². The van der Waals surface area contributed by atoms with Crippen LogP contribution >= 0.6 is 0 Å². The maximum atomic E-state index is 12.2. The second-order valence-electron chi connectivity index (χ2n) is 5.32. The van der Waals surface area contributed by atoms with E-state index in [1.54, 1.807) is 6.07 Å². The van der Waals surface area contributed by atoms with Gasteiger partial charge in [-0.2, -0.15) is 0 Å². The third-order valence-corrected chi connectivity index (χ3v) is 3.58. The Morgan fingerprint density at radius 1 is 1.21 bits per heavy atom. The van der Waals surface area contributed by atoms with E-state index in [1.807, 2.05) is 18.2 Å². The summed E-state index contributed by atoms with van der Waals surface area (Å²) in [5.41, 5.74) is 1.75. The van der Waals surface area contributed by atoms with E-state index in [4.69, 9.17) is 5.11 Å². The van der Waals surface area contributed by atoms with Crippen molar-refractivity contribution in [1.29, 1.82) is 0 Å². The van der Waals surface area contributed by atoms with Crippen molar-refractivity contribution in [2.45, 2.75) is 19.4 Å². The molecule has 0 atom stereocenters. The van der Waals surface area contributed by atoms with Gasteiger partial charge in [0, 0.05) is 12.1 Å². The van der Waals surface area contributed by atoms with Crippen molar-refractivity contribution in [3.05, 3.63) is 36.2 Å². The van der Waals surface area contributed by atoms with E-state index in [0.717, 1.165) is 15.9 Å². The molecule has 0 radical (unpaired) electrons. The lowest BCUT2D eigenvalue weighted by Gasteiger charge is -2.28. The molecule has 1 aliphatic rings. The van der Waals surface area contributed by atoms with Gasteiger partial charge in [0.2, 0.25) is 17.8 Å². The van der Waals surface area contributed by atoms with Crippen LogP contribution in [-0.4, -0.2) is 44.2 Å². The molecule has 24 heavy (non-hydrogen) atoms. The first-order valence-electron chi connectivity index (χ1n) is 7.32. The fraction of sp³-hybridized carbons (Fsp3) is 0.267. The van der Waals surface area contributed by atoms with Gasteiger partial charge in [-0.3, -0.25) is 19.7 Å². The Hall–Kier alpha value is -3.23. The van der Waals surface area contributed by atoms with E-state index < -0.39 is 11.9 Å². The maximum absolute atomic E-state index is 12.2. The molecule has 9 nitrogen and oxygen atoms in total. The Balaban J connectivity index is 1.67. The number of amides is 2. The molecule has 3 rings (SSSR count). The van der Waals surface area contributed by atoms with Gasteiger partial charge in [-0.15, -0.1) is 5.10 Å². The topological polar surface area (TPSA) is 117 Å². The molecule has 1 aromatic heterocycles. The van der Waals surface area contributed by atoms with E-state index in [0.29, 0.717) is 12.8 Å². The van der Waals surface area contributed by atoms with Crippen molar-refractivity contribution in [1.82, 2.24) is 14.8 Å². The molecule has 2 amide bonds. The second-order valence-corrected chi connectivity index (χ2v) is 5.32. The predicted octanol–water partition coefficient (Wildman–Crippen LogP) is 0.281. The number of rotatable bonds is 5. The van der Waals surface area contributed by atoms with Crippen LogP contribution in [-0.2, 0) is 27.3 Å². The minimum absolute atomic E-state index is 0.000932. The second kappa shape index (κ2) is 6.49. The van der Waals surface area contributed by atoms with Crippen LogP contribution in [0.3, 0.4) is 0 Å². The van der Waals surface area contributed by atoms with Crippen LogP contribution in [0.2, 0.25) is 0 Å². The lowest BCUT2D eigenvalue weighted by molar-refractivity contribution is -0.137. The SMILES string of the molecule is O=C(O)Cn1cnc(NC(=O)CN2C(=O)CCc3ccccc32)n1. The number of carbonyl (C=O) groups is 3. The normalized spacial score (nSPS) is 13.5. The molecule has 1 aromatic carbocycles. The standard InChI is InChI=1S/C15H15N5O4/c21-12(17-15-16-9-19(18-15)8-14(23)24)7-20-11-4-2-1-3-10(11)5-6-13(20)22/h1-4,9H,5-8H2,(H,23,24)(H,17,18,21). The van der Waals surface area contributed by atoms with Crippen molar-refractivity contribution >= 4 is 29.4 Å². The summed E-state index contributed by atoms with van der Waals surface area (Å²) in [6.07, 6.45) is 2.23. The zero-order valence-corrected chi connectivity index (χ0v) is 12.7. The van der Waals surface area contributed by atoms with Crippen LogP contribution in [0.5, 0.6) is 0 Å².